The fourth-order valence-corrected chi connectivity index (χ4v) is 0.714. The van der Waals surface area contributed by atoms with Crippen LogP contribution in [0, 0.1) is 0 Å². The molecule has 96 valence electrons. The quantitative estimate of drug-likeness (QED) is 0.156. The van der Waals surface area contributed by atoms with Crippen molar-refractivity contribution in [1.82, 2.24) is 0 Å². The van der Waals surface area contributed by atoms with E-state index in [-0.39, 0.29) is 33.5 Å². The van der Waals surface area contributed by atoms with Crippen LogP contribution in [0.5, 0.6) is 0 Å². The van der Waals surface area contributed by atoms with Gasteiger partial charge in [0.15, 0.2) is 0 Å². The summed E-state index contributed by atoms with van der Waals surface area (Å²) >= 11 is 0. The van der Waals surface area contributed by atoms with Gasteiger partial charge in [-0.15, -0.1) is 12.4 Å². The van der Waals surface area contributed by atoms with Gasteiger partial charge in [-0.2, -0.15) is 5.10 Å². The zero-order valence-corrected chi connectivity index (χ0v) is 10.7. The van der Waals surface area contributed by atoms with Gasteiger partial charge >= 0.3 is 0 Å². The van der Waals surface area contributed by atoms with Crippen molar-refractivity contribution in [2.75, 3.05) is 6.61 Å². The van der Waals surface area contributed by atoms with Gasteiger partial charge in [0.2, 0.25) is 0 Å². The smallest absolute Gasteiger partial charge is 0.119 e. The Morgan fingerprint density at radius 3 is 1.93 bits per heavy atom. The van der Waals surface area contributed by atoms with Crippen LogP contribution in [-0.4, -0.2) is 62.8 Å². The third-order valence-corrected chi connectivity index (χ3v) is 1.52. The number of hydrogen-bond acceptors (Lipinski definition) is 7. The first-order valence-corrected chi connectivity index (χ1v) is 3.61. The van der Waals surface area contributed by atoms with E-state index in [1.54, 1.807) is 0 Å². The van der Waals surface area contributed by atoms with Crippen molar-refractivity contribution in [3.8, 4) is 0 Å². The molecule has 0 rings (SSSR count). The number of hydrazone groups is 1. The number of aliphatic hydroxyl groups is 5. The summed E-state index contributed by atoms with van der Waals surface area (Å²) in [4.78, 5) is 0. The molecule has 0 radical (unpaired) electrons. The summed E-state index contributed by atoms with van der Waals surface area (Å²) in [6, 6.07) is 0. The molecule has 0 amide bonds. The van der Waals surface area contributed by atoms with E-state index in [0.717, 1.165) is 6.21 Å². The largest absolute Gasteiger partial charge is 0.394 e. The molecule has 0 bridgehead atoms. The summed E-state index contributed by atoms with van der Waals surface area (Å²) in [6.45, 7) is -0.718. The van der Waals surface area contributed by atoms with Crippen LogP contribution in [-0.2, 0) is 21.1 Å². The predicted octanol–water partition coefficient (Wildman–Crippen LogP) is -3.21. The average Bonchev–Trinajstić information content (AvgIpc) is 2.14. The van der Waals surface area contributed by atoms with Gasteiger partial charge in [-0.1, -0.05) is 0 Å². The minimum atomic E-state index is -1.65. The summed E-state index contributed by atoms with van der Waals surface area (Å²) in [5.41, 5.74) is 0. The molecule has 0 aromatic heterocycles. The maximum Gasteiger partial charge on any atom is 0.119 e. The van der Waals surface area contributed by atoms with Gasteiger partial charge in [-0.05, 0) is 0 Å². The van der Waals surface area contributed by atoms with Crippen molar-refractivity contribution in [2.45, 2.75) is 24.4 Å². The van der Waals surface area contributed by atoms with Crippen molar-refractivity contribution in [3.63, 3.8) is 0 Å². The van der Waals surface area contributed by atoms with Crippen LogP contribution >= 0.6 is 12.4 Å². The third-order valence-electron chi connectivity index (χ3n) is 1.52. The minimum absolute atomic E-state index is 0. The fraction of sp³-hybridized carbons (Fsp3) is 0.833. The second kappa shape index (κ2) is 10.8. The van der Waals surface area contributed by atoms with E-state index >= 15 is 0 Å². The van der Waals surface area contributed by atoms with Crippen molar-refractivity contribution in [1.29, 1.82) is 0 Å². The van der Waals surface area contributed by atoms with E-state index in [1.807, 2.05) is 0 Å². The van der Waals surface area contributed by atoms with Gasteiger partial charge in [-0.3, -0.25) is 0 Å². The molecule has 0 saturated carbocycles. The first-order chi connectivity index (χ1) is 6.04. The number of aliphatic hydroxyl groups excluding tert-OH is 5. The van der Waals surface area contributed by atoms with Crippen molar-refractivity contribution in [3.05, 3.63) is 0 Å². The second-order valence-electron chi connectivity index (χ2n) is 2.52. The molecule has 0 aliphatic rings. The van der Waals surface area contributed by atoms with Gasteiger partial charge in [0.1, 0.15) is 24.4 Å². The minimum Gasteiger partial charge on any atom is -0.394 e. The summed E-state index contributed by atoms with van der Waals surface area (Å²) in [5.74, 6) is 4.68. The Morgan fingerprint density at radius 1 is 1.13 bits per heavy atom. The fourth-order valence-electron chi connectivity index (χ4n) is 0.714. The van der Waals surface area contributed by atoms with E-state index in [2.05, 4.69) is 10.9 Å². The first-order valence-electron chi connectivity index (χ1n) is 3.61. The molecule has 15 heavy (non-hydrogen) atoms. The van der Waals surface area contributed by atoms with E-state index in [1.165, 1.54) is 0 Å². The summed E-state index contributed by atoms with van der Waals surface area (Å²) in [5, 5.41) is 47.4. The summed E-state index contributed by atoms with van der Waals surface area (Å²) < 4.78 is 0. The van der Waals surface area contributed by atoms with Crippen molar-refractivity contribution >= 4 is 18.6 Å². The molecular formula is C6H15ClN2O5Pt. The van der Waals surface area contributed by atoms with Crippen LogP contribution < -0.4 is 5.84 Å². The van der Waals surface area contributed by atoms with Crippen LogP contribution in [0.4, 0.5) is 0 Å². The molecule has 0 spiro atoms. The Labute approximate surface area is 107 Å². The molecule has 7 nitrogen and oxygen atoms in total. The van der Waals surface area contributed by atoms with Gasteiger partial charge in [0.05, 0.1) is 12.8 Å². The standard InChI is InChI=1S/C6H14N2O5.ClH.Pt/c7-8-1-3(10)5(12)6(13)4(11)2-9;;/h1,3-6,9-13H,2,7H2;1H;/b8-1+;;/t3-,4+,5+,6-;;/m0../s1. The number of halogens is 1. The monoisotopic (exact) mass is 425 g/mol. The van der Waals surface area contributed by atoms with Crippen molar-refractivity contribution in [2.24, 2.45) is 10.9 Å². The number of nitrogens with two attached hydrogens (primary N) is 1. The van der Waals surface area contributed by atoms with E-state index in [9.17, 15) is 0 Å². The zero-order chi connectivity index (χ0) is 10.4. The van der Waals surface area contributed by atoms with E-state index in [4.69, 9.17) is 25.5 Å². The molecular weight excluding hydrogens is 411 g/mol. The Hall–Kier alpha value is 0.248. The van der Waals surface area contributed by atoms with Gasteiger partial charge in [0.25, 0.3) is 0 Å². The Morgan fingerprint density at radius 2 is 1.60 bits per heavy atom. The topological polar surface area (TPSA) is 140 Å². The molecule has 0 saturated heterocycles. The summed E-state index contributed by atoms with van der Waals surface area (Å²) in [7, 11) is 0. The summed E-state index contributed by atoms with van der Waals surface area (Å²) in [6.07, 6.45) is -5.50. The number of hydrogen-bond donors (Lipinski definition) is 6. The second-order valence-corrected chi connectivity index (χ2v) is 2.52. The molecule has 0 fully saturated rings. The van der Waals surface area contributed by atoms with Gasteiger partial charge in [-0.25, -0.2) is 0 Å². The van der Waals surface area contributed by atoms with E-state index < -0.39 is 31.0 Å². The average molecular weight is 426 g/mol. The maximum atomic E-state index is 9.10. The van der Waals surface area contributed by atoms with Crippen LogP contribution in [0.1, 0.15) is 0 Å². The van der Waals surface area contributed by atoms with Crippen LogP contribution in [0.2, 0.25) is 0 Å². The molecule has 0 aromatic carbocycles. The Bertz CT molecular complexity index is 176. The Kier molecular flexibility index (Phi) is 14.8. The van der Waals surface area contributed by atoms with E-state index in [0.29, 0.717) is 0 Å². The number of rotatable bonds is 5. The van der Waals surface area contributed by atoms with Gasteiger partial charge in [0, 0.05) is 21.1 Å². The zero-order valence-electron chi connectivity index (χ0n) is 7.58. The normalized spacial score (nSPS) is 18.5. The first kappa shape index (κ1) is 20.6. The molecule has 0 heterocycles. The molecule has 0 aliphatic heterocycles. The molecule has 9 heteroatoms. The van der Waals surface area contributed by atoms with Crippen LogP contribution in [0.25, 0.3) is 0 Å². The van der Waals surface area contributed by atoms with Crippen LogP contribution in [0.15, 0.2) is 5.10 Å². The molecule has 0 aromatic rings. The van der Waals surface area contributed by atoms with Gasteiger partial charge < -0.3 is 31.4 Å². The molecule has 7 N–H and O–H groups in total. The predicted molar refractivity (Wildman–Crippen MR) is 51.0 cm³/mol. The van der Waals surface area contributed by atoms with Crippen molar-refractivity contribution < 1.29 is 46.6 Å². The SMILES string of the molecule is Cl.N/N=C/[C@H](O)[C@@H](O)[C@@H](O)[C@H](O)CO.[Pt]. The molecule has 0 aliphatic carbocycles. The molecule has 0 unspecified atom stereocenters. The van der Waals surface area contributed by atoms with Crippen LogP contribution in [0.3, 0.4) is 0 Å². The Balaban J connectivity index is -0.000000720. The maximum absolute atomic E-state index is 9.10. The number of nitrogens with zero attached hydrogens (tertiary/aromatic N) is 1. The third kappa shape index (κ3) is 7.18. The molecule has 4 atom stereocenters.